The number of ether oxygens (including phenoxy) is 1. The number of hydrogen-bond acceptors (Lipinski definition) is 4. The number of methoxy groups -OCH3 is 1. The van der Waals surface area contributed by atoms with Crippen LogP contribution in [0.3, 0.4) is 0 Å². The van der Waals surface area contributed by atoms with Gasteiger partial charge in [-0.05, 0) is 36.7 Å². The van der Waals surface area contributed by atoms with E-state index >= 15 is 0 Å². The summed E-state index contributed by atoms with van der Waals surface area (Å²) in [5, 5.41) is 7.90. The molecule has 2 N–H and O–H groups in total. The fourth-order valence-electron chi connectivity index (χ4n) is 2.37. The fraction of sp³-hybridized carbons (Fsp3) is 0.389. The van der Waals surface area contributed by atoms with E-state index in [0.29, 0.717) is 19.7 Å². The van der Waals surface area contributed by atoms with Gasteiger partial charge in [0.2, 0.25) is 0 Å². The number of nitrogens with one attached hydrogen (secondary N) is 2. The van der Waals surface area contributed by atoms with E-state index in [4.69, 9.17) is 4.74 Å². The summed E-state index contributed by atoms with van der Waals surface area (Å²) in [4.78, 5) is 15.4. The molecular weight excluding hydrogens is 322 g/mol. The molecular formula is C18H25N3O2S. The highest BCUT2D eigenvalue weighted by Gasteiger charge is 2.15. The number of benzene rings is 1. The monoisotopic (exact) mass is 347 g/mol. The Morgan fingerprint density at radius 1 is 1.17 bits per heavy atom. The predicted molar refractivity (Wildman–Crippen MR) is 98.1 cm³/mol. The standard InChI is InChI=1S/C18H25N3O2S/c1-21(2)16(17-5-4-10-24-17)12-20-18(22)19-11-14-6-8-15(9-7-14)13-23-3/h4-10,16H,11-13H2,1-3H3,(H2,19,20,22)/t16-/m1/s1. The Bertz CT molecular complexity index is 612. The highest BCUT2D eigenvalue weighted by atomic mass is 32.1. The van der Waals surface area contributed by atoms with Gasteiger partial charge in [0, 0.05) is 25.1 Å². The lowest BCUT2D eigenvalue weighted by molar-refractivity contribution is 0.185. The minimum Gasteiger partial charge on any atom is -0.380 e. The van der Waals surface area contributed by atoms with Crippen molar-refractivity contribution in [3.63, 3.8) is 0 Å². The maximum atomic E-state index is 12.0. The first kappa shape index (κ1) is 18.4. The third-order valence-electron chi connectivity index (χ3n) is 3.74. The van der Waals surface area contributed by atoms with Crippen molar-refractivity contribution in [1.29, 1.82) is 0 Å². The SMILES string of the molecule is COCc1ccc(CNC(=O)NC[C@H](c2cccs2)N(C)C)cc1. The van der Waals surface area contributed by atoms with Gasteiger partial charge in [-0.25, -0.2) is 4.79 Å². The first-order chi connectivity index (χ1) is 11.6. The molecule has 2 aromatic rings. The van der Waals surface area contributed by atoms with Gasteiger partial charge in [-0.1, -0.05) is 30.3 Å². The largest absolute Gasteiger partial charge is 0.380 e. The Morgan fingerprint density at radius 3 is 2.46 bits per heavy atom. The van der Waals surface area contributed by atoms with Crippen LogP contribution in [0.5, 0.6) is 0 Å². The van der Waals surface area contributed by atoms with Crippen LogP contribution in [0.25, 0.3) is 0 Å². The number of urea groups is 1. The molecule has 0 radical (unpaired) electrons. The third-order valence-corrected chi connectivity index (χ3v) is 4.71. The van der Waals surface area contributed by atoms with Crippen LogP contribution in [0.1, 0.15) is 22.0 Å². The summed E-state index contributed by atoms with van der Waals surface area (Å²) < 4.78 is 5.09. The first-order valence-electron chi connectivity index (χ1n) is 7.88. The van der Waals surface area contributed by atoms with Crippen molar-refractivity contribution >= 4 is 17.4 Å². The maximum Gasteiger partial charge on any atom is 0.315 e. The number of nitrogens with zero attached hydrogens (tertiary/aromatic N) is 1. The molecule has 0 aliphatic carbocycles. The number of hydrogen-bond donors (Lipinski definition) is 2. The molecule has 0 aliphatic rings. The van der Waals surface area contributed by atoms with E-state index in [-0.39, 0.29) is 12.1 Å². The molecule has 2 amide bonds. The predicted octanol–water partition coefficient (Wildman–Crippen LogP) is 3.00. The molecule has 0 unspecified atom stereocenters. The molecule has 1 atom stereocenters. The molecule has 0 bridgehead atoms. The van der Waals surface area contributed by atoms with Crippen molar-refractivity contribution in [3.05, 3.63) is 57.8 Å². The molecule has 0 spiro atoms. The Balaban J connectivity index is 1.78. The zero-order valence-electron chi connectivity index (χ0n) is 14.4. The molecule has 1 aromatic carbocycles. The zero-order chi connectivity index (χ0) is 17.4. The number of carbonyl (C=O) groups excluding carboxylic acids is 1. The second-order valence-corrected chi connectivity index (χ2v) is 6.79. The van der Waals surface area contributed by atoms with Crippen LogP contribution in [0.15, 0.2) is 41.8 Å². The molecule has 5 nitrogen and oxygen atoms in total. The van der Waals surface area contributed by atoms with E-state index in [9.17, 15) is 4.79 Å². The van der Waals surface area contributed by atoms with Crippen LogP contribution in [0.4, 0.5) is 4.79 Å². The van der Waals surface area contributed by atoms with Crippen LogP contribution in [0.2, 0.25) is 0 Å². The lowest BCUT2D eigenvalue weighted by Gasteiger charge is -2.23. The summed E-state index contributed by atoms with van der Waals surface area (Å²) in [7, 11) is 5.72. The normalized spacial score (nSPS) is 12.2. The molecule has 0 saturated heterocycles. The van der Waals surface area contributed by atoms with Crippen LogP contribution < -0.4 is 10.6 Å². The summed E-state index contributed by atoms with van der Waals surface area (Å²) in [6.45, 7) is 1.68. The number of amides is 2. The van der Waals surface area contributed by atoms with Gasteiger partial charge in [0.05, 0.1) is 12.6 Å². The topological polar surface area (TPSA) is 53.6 Å². The Labute approximate surface area is 147 Å². The molecule has 24 heavy (non-hydrogen) atoms. The average Bonchev–Trinajstić information content (AvgIpc) is 3.08. The molecule has 130 valence electrons. The van der Waals surface area contributed by atoms with Crippen LogP contribution in [-0.4, -0.2) is 38.7 Å². The minimum atomic E-state index is -0.153. The van der Waals surface area contributed by atoms with Gasteiger partial charge in [-0.15, -0.1) is 11.3 Å². The molecule has 2 rings (SSSR count). The second-order valence-electron chi connectivity index (χ2n) is 5.81. The van der Waals surface area contributed by atoms with Crippen LogP contribution in [-0.2, 0) is 17.9 Å². The van der Waals surface area contributed by atoms with E-state index < -0.39 is 0 Å². The summed E-state index contributed by atoms with van der Waals surface area (Å²) in [6.07, 6.45) is 0. The summed E-state index contributed by atoms with van der Waals surface area (Å²) in [5.41, 5.74) is 2.18. The summed E-state index contributed by atoms with van der Waals surface area (Å²) in [6, 6.07) is 12.2. The van der Waals surface area contributed by atoms with Gasteiger partial charge in [0.15, 0.2) is 0 Å². The van der Waals surface area contributed by atoms with E-state index in [0.717, 1.165) is 11.1 Å². The summed E-state index contributed by atoms with van der Waals surface area (Å²) in [5.74, 6) is 0. The molecule has 6 heteroatoms. The molecule has 0 aliphatic heterocycles. The van der Waals surface area contributed by atoms with Crippen molar-refractivity contribution in [2.45, 2.75) is 19.2 Å². The smallest absolute Gasteiger partial charge is 0.315 e. The van der Waals surface area contributed by atoms with Gasteiger partial charge < -0.3 is 20.3 Å². The molecule has 0 fully saturated rings. The number of thiophene rings is 1. The average molecular weight is 347 g/mol. The molecule has 1 heterocycles. The second kappa shape index (κ2) is 9.42. The Morgan fingerprint density at radius 2 is 1.88 bits per heavy atom. The molecule has 0 saturated carbocycles. The highest BCUT2D eigenvalue weighted by molar-refractivity contribution is 7.10. The maximum absolute atomic E-state index is 12.0. The van der Waals surface area contributed by atoms with E-state index in [1.54, 1.807) is 18.4 Å². The van der Waals surface area contributed by atoms with Crippen LogP contribution >= 0.6 is 11.3 Å². The van der Waals surface area contributed by atoms with E-state index in [2.05, 4.69) is 27.0 Å². The van der Waals surface area contributed by atoms with Crippen molar-refractivity contribution < 1.29 is 9.53 Å². The highest BCUT2D eigenvalue weighted by Crippen LogP contribution is 2.22. The number of carbonyl (C=O) groups is 1. The molecule has 1 aromatic heterocycles. The van der Waals surface area contributed by atoms with Gasteiger partial charge in [-0.3, -0.25) is 0 Å². The first-order valence-corrected chi connectivity index (χ1v) is 8.76. The van der Waals surface area contributed by atoms with Gasteiger partial charge >= 0.3 is 6.03 Å². The van der Waals surface area contributed by atoms with Crippen molar-refractivity contribution in [2.75, 3.05) is 27.7 Å². The minimum absolute atomic E-state index is 0.153. The van der Waals surface area contributed by atoms with E-state index in [1.165, 1.54) is 4.88 Å². The fourth-order valence-corrected chi connectivity index (χ4v) is 3.30. The Hall–Kier alpha value is -1.89. The van der Waals surface area contributed by atoms with Gasteiger partial charge in [0.25, 0.3) is 0 Å². The quantitative estimate of drug-likeness (QED) is 0.772. The Kier molecular flexibility index (Phi) is 7.24. The number of rotatable bonds is 8. The van der Waals surface area contributed by atoms with E-state index in [1.807, 2.05) is 44.4 Å². The zero-order valence-corrected chi connectivity index (χ0v) is 15.2. The third kappa shape index (κ3) is 5.63. The lowest BCUT2D eigenvalue weighted by Crippen LogP contribution is -2.40. The lowest BCUT2D eigenvalue weighted by atomic mass is 10.1. The number of likely N-dealkylation sites (N-methyl/N-ethyl adjacent to an activating group) is 1. The van der Waals surface area contributed by atoms with Gasteiger partial charge in [-0.2, -0.15) is 0 Å². The van der Waals surface area contributed by atoms with Crippen molar-refractivity contribution in [3.8, 4) is 0 Å². The van der Waals surface area contributed by atoms with Crippen molar-refractivity contribution in [1.82, 2.24) is 15.5 Å². The summed E-state index contributed by atoms with van der Waals surface area (Å²) >= 11 is 1.70. The van der Waals surface area contributed by atoms with Crippen molar-refractivity contribution in [2.24, 2.45) is 0 Å². The van der Waals surface area contributed by atoms with Crippen LogP contribution in [0, 0.1) is 0 Å². The van der Waals surface area contributed by atoms with Gasteiger partial charge in [0.1, 0.15) is 0 Å².